The van der Waals surface area contributed by atoms with Crippen LogP contribution in [0, 0.1) is 0 Å². The summed E-state index contributed by atoms with van der Waals surface area (Å²) < 4.78 is 10.4. The van der Waals surface area contributed by atoms with E-state index in [1.807, 2.05) is 0 Å². The van der Waals surface area contributed by atoms with E-state index in [0.717, 1.165) is 35.9 Å². The van der Waals surface area contributed by atoms with Gasteiger partial charge < -0.3 is 8.85 Å². The van der Waals surface area contributed by atoms with E-state index in [1.165, 1.54) is 0 Å². The number of nitrogens with zero attached hydrogens (tertiary/aromatic N) is 1. The van der Waals surface area contributed by atoms with Crippen molar-refractivity contribution in [1.29, 1.82) is 0 Å². The predicted molar refractivity (Wildman–Crippen MR) is 72.3 cm³/mol. The minimum Gasteiger partial charge on any atom is -0.400 e. The SMILES string of the molecule is C=CC(=O)N(CCCC[SiH](OC)OC)C(=O)C=C. The fourth-order valence-electron chi connectivity index (χ4n) is 1.46. The monoisotopic (exact) mass is 271 g/mol. The topological polar surface area (TPSA) is 55.8 Å². The summed E-state index contributed by atoms with van der Waals surface area (Å²) in [6.07, 6.45) is 3.83. The first-order valence-corrected chi connectivity index (χ1v) is 7.52. The Labute approximate surface area is 110 Å². The summed E-state index contributed by atoms with van der Waals surface area (Å²) in [5.41, 5.74) is 0. The molecule has 2 amide bonds. The van der Waals surface area contributed by atoms with Gasteiger partial charge >= 0.3 is 9.28 Å². The Morgan fingerprint density at radius 2 is 1.61 bits per heavy atom. The van der Waals surface area contributed by atoms with Gasteiger partial charge in [0, 0.05) is 20.8 Å². The van der Waals surface area contributed by atoms with Gasteiger partial charge in [0.2, 0.25) is 0 Å². The highest BCUT2D eigenvalue weighted by Gasteiger charge is 2.16. The predicted octanol–water partition coefficient (Wildman–Crippen LogP) is 1.01. The molecule has 0 aliphatic carbocycles. The molecule has 0 saturated carbocycles. The van der Waals surface area contributed by atoms with Crippen molar-refractivity contribution in [2.24, 2.45) is 0 Å². The normalized spacial score (nSPS) is 10.2. The Hall–Kier alpha value is -1.24. The number of carbonyl (C=O) groups is 2. The van der Waals surface area contributed by atoms with Gasteiger partial charge in [-0.2, -0.15) is 0 Å². The molecular weight excluding hydrogens is 250 g/mol. The van der Waals surface area contributed by atoms with Gasteiger partial charge in [0.15, 0.2) is 0 Å². The standard InChI is InChI=1S/C12H21NO4Si/c1-5-11(14)13(12(15)6-2)9-7-8-10-18(16-3)17-4/h5-6,18H,1-2,7-10H2,3-4H3. The van der Waals surface area contributed by atoms with E-state index in [4.69, 9.17) is 8.85 Å². The summed E-state index contributed by atoms with van der Waals surface area (Å²) >= 11 is 0. The highest BCUT2D eigenvalue weighted by atomic mass is 28.3. The zero-order chi connectivity index (χ0) is 14.0. The van der Waals surface area contributed by atoms with Gasteiger partial charge in [0.1, 0.15) is 0 Å². The minimum atomic E-state index is -1.55. The van der Waals surface area contributed by atoms with E-state index in [-0.39, 0.29) is 0 Å². The number of unbranched alkanes of at least 4 members (excludes halogenated alkanes) is 1. The van der Waals surface area contributed by atoms with E-state index >= 15 is 0 Å². The first kappa shape index (κ1) is 16.8. The van der Waals surface area contributed by atoms with Crippen molar-refractivity contribution in [2.75, 3.05) is 20.8 Å². The first-order chi connectivity index (χ1) is 8.60. The van der Waals surface area contributed by atoms with Gasteiger partial charge in [-0.25, -0.2) is 0 Å². The third kappa shape index (κ3) is 5.90. The summed E-state index contributed by atoms with van der Waals surface area (Å²) in [5, 5.41) is 0. The molecular formula is C12H21NO4Si. The second-order valence-corrected chi connectivity index (χ2v) is 6.01. The molecule has 0 heterocycles. The van der Waals surface area contributed by atoms with Gasteiger partial charge in [-0.05, 0) is 31.0 Å². The van der Waals surface area contributed by atoms with Crippen molar-refractivity contribution in [3.63, 3.8) is 0 Å². The van der Waals surface area contributed by atoms with E-state index in [1.54, 1.807) is 14.2 Å². The zero-order valence-electron chi connectivity index (χ0n) is 11.1. The molecule has 102 valence electrons. The van der Waals surface area contributed by atoms with Crippen LogP contribution in [0.4, 0.5) is 0 Å². The van der Waals surface area contributed by atoms with Gasteiger partial charge in [-0.15, -0.1) is 0 Å². The van der Waals surface area contributed by atoms with Crippen LogP contribution in [0.15, 0.2) is 25.3 Å². The van der Waals surface area contributed by atoms with Crippen molar-refractivity contribution < 1.29 is 18.4 Å². The van der Waals surface area contributed by atoms with Crippen molar-refractivity contribution in [2.45, 2.75) is 18.9 Å². The lowest BCUT2D eigenvalue weighted by atomic mass is 10.3. The molecule has 0 spiro atoms. The van der Waals surface area contributed by atoms with Crippen molar-refractivity contribution in [3.8, 4) is 0 Å². The van der Waals surface area contributed by atoms with Crippen LogP contribution in [0.2, 0.25) is 6.04 Å². The average Bonchev–Trinajstić information content (AvgIpc) is 2.41. The van der Waals surface area contributed by atoms with Crippen LogP contribution in [-0.4, -0.2) is 46.8 Å². The maximum absolute atomic E-state index is 11.5. The average molecular weight is 271 g/mol. The Morgan fingerprint density at radius 1 is 1.11 bits per heavy atom. The molecule has 5 nitrogen and oxygen atoms in total. The van der Waals surface area contributed by atoms with E-state index in [2.05, 4.69) is 13.2 Å². The fraction of sp³-hybridized carbons (Fsp3) is 0.500. The molecule has 0 rings (SSSR count). The van der Waals surface area contributed by atoms with Crippen LogP contribution in [0.25, 0.3) is 0 Å². The van der Waals surface area contributed by atoms with E-state index < -0.39 is 21.1 Å². The fourth-order valence-corrected chi connectivity index (χ4v) is 2.75. The molecule has 0 unspecified atom stereocenters. The van der Waals surface area contributed by atoms with Gasteiger partial charge in [0.25, 0.3) is 11.8 Å². The summed E-state index contributed by atoms with van der Waals surface area (Å²) in [7, 11) is 1.72. The van der Waals surface area contributed by atoms with Crippen molar-refractivity contribution in [3.05, 3.63) is 25.3 Å². The summed E-state index contributed by atoms with van der Waals surface area (Å²) in [5.74, 6) is -0.792. The largest absolute Gasteiger partial charge is 0.400 e. The molecule has 0 aromatic carbocycles. The lowest BCUT2D eigenvalue weighted by molar-refractivity contribution is -0.138. The first-order valence-electron chi connectivity index (χ1n) is 5.76. The smallest absolute Gasteiger partial charge is 0.320 e. The second-order valence-electron chi connectivity index (χ2n) is 3.63. The van der Waals surface area contributed by atoms with Gasteiger partial charge in [-0.1, -0.05) is 13.2 Å². The summed E-state index contributed by atoms with van der Waals surface area (Å²) in [4.78, 5) is 24.0. The Morgan fingerprint density at radius 3 is 2.00 bits per heavy atom. The van der Waals surface area contributed by atoms with Gasteiger partial charge in [-0.3, -0.25) is 14.5 Å². The van der Waals surface area contributed by atoms with E-state index in [9.17, 15) is 9.59 Å². The summed E-state index contributed by atoms with van der Waals surface area (Å²) in [6.45, 7) is 7.11. The maximum atomic E-state index is 11.5. The van der Waals surface area contributed by atoms with Crippen LogP contribution in [0.5, 0.6) is 0 Å². The van der Waals surface area contributed by atoms with Crippen molar-refractivity contribution in [1.82, 2.24) is 4.90 Å². The minimum absolute atomic E-state index is 0.365. The lowest BCUT2D eigenvalue weighted by Gasteiger charge is -2.17. The molecule has 0 radical (unpaired) electrons. The second kappa shape index (κ2) is 9.75. The number of hydrogen-bond donors (Lipinski definition) is 0. The Balaban J connectivity index is 4.12. The number of carbonyl (C=O) groups excluding carboxylic acids is 2. The molecule has 0 aromatic heterocycles. The molecule has 0 fully saturated rings. The van der Waals surface area contributed by atoms with Crippen LogP contribution in [0.1, 0.15) is 12.8 Å². The zero-order valence-corrected chi connectivity index (χ0v) is 12.2. The quantitative estimate of drug-likeness (QED) is 0.357. The lowest BCUT2D eigenvalue weighted by Crippen LogP contribution is -2.35. The molecule has 0 aliphatic heterocycles. The molecule has 18 heavy (non-hydrogen) atoms. The summed E-state index contributed by atoms with van der Waals surface area (Å²) in [6, 6.07) is 0.853. The Bertz CT molecular complexity index is 282. The van der Waals surface area contributed by atoms with Crippen LogP contribution < -0.4 is 0 Å². The number of rotatable bonds is 9. The molecule has 0 aromatic rings. The van der Waals surface area contributed by atoms with E-state index in [0.29, 0.717) is 6.54 Å². The molecule has 0 atom stereocenters. The van der Waals surface area contributed by atoms with Gasteiger partial charge in [0.05, 0.1) is 0 Å². The number of imide groups is 1. The molecule has 0 saturated heterocycles. The third-order valence-electron chi connectivity index (χ3n) is 2.48. The third-order valence-corrected chi connectivity index (χ3v) is 4.41. The molecule has 6 heteroatoms. The molecule has 0 aliphatic rings. The molecule has 0 N–H and O–H groups in total. The van der Waals surface area contributed by atoms with Crippen molar-refractivity contribution >= 4 is 21.1 Å². The highest BCUT2D eigenvalue weighted by molar-refractivity contribution is 6.44. The number of hydrogen-bond acceptors (Lipinski definition) is 4. The van der Waals surface area contributed by atoms with Crippen LogP contribution in [-0.2, 0) is 18.4 Å². The number of amides is 2. The van der Waals surface area contributed by atoms with Crippen LogP contribution in [0.3, 0.4) is 0 Å². The highest BCUT2D eigenvalue weighted by Crippen LogP contribution is 2.05. The molecule has 0 bridgehead atoms. The Kier molecular flexibility index (Phi) is 9.08. The van der Waals surface area contributed by atoms with Crippen LogP contribution >= 0.6 is 0 Å². The maximum Gasteiger partial charge on any atom is 0.320 e.